The zero-order chi connectivity index (χ0) is 24.5. The summed E-state index contributed by atoms with van der Waals surface area (Å²) in [5, 5.41) is 9.23. The lowest BCUT2D eigenvalue weighted by Crippen LogP contribution is -2.10. The zero-order valence-corrected chi connectivity index (χ0v) is 19.0. The minimum atomic E-state index is -1.04. The molecule has 0 saturated heterocycles. The fraction of sp³-hybridized carbons (Fsp3) is 0.296. The summed E-state index contributed by atoms with van der Waals surface area (Å²) in [6, 6.07) is 10.8. The van der Waals surface area contributed by atoms with Crippen LogP contribution in [0.1, 0.15) is 55.8 Å². The molecule has 0 spiro atoms. The zero-order valence-electron chi connectivity index (χ0n) is 19.0. The standard InChI is InChI=1S/C27H27F3O4/c1-2-3-4-5-6-7-14-33-26-13-8-18(15-25(26)30)21-12-10-20(17-24(21)29)34-27(32)22-11-9-19(31)16-23(22)28/h8-13,15-17,31H,2-7,14H2,1H3. The lowest BCUT2D eigenvalue weighted by atomic mass is 10.0. The van der Waals surface area contributed by atoms with Crippen LogP contribution in [0.5, 0.6) is 17.2 Å². The lowest BCUT2D eigenvalue weighted by molar-refractivity contribution is 0.0729. The van der Waals surface area contributed by atoms with Gasteiger partial charge in [-0.3, -0.25) is 0 Å². The molecular formula is C27H27F3O4. The van der Waals surface area contributed by atoms with Gasteiger partial charge in [0, 0.05) is 17.7 Å². The Morgan fingerprint density at radius 2 is 1.59 bits per heavy atom. The maximum Gasteiger partial charge on any atom is 0.346 e. The van der Waals surface area contributed by atoms with E-state index in [9.17, 15) is 23.1 Å². The molecule has 0 bridgehead atoms. The number of halogens is 3. The quantitative estimate of drug-likeness (QED) is 0.179. The molecule has 3 aromatic carbocycles. The fourth-order valence-corrected chi connectivity index (χ4v) is 3.47. The number of ether oxygens (including phenoxy) is 2. The Labute approximate surface area is 197 Å². The van der Waals surface area contributed by atoms with E-state index in [-0.39, 0.29) is 22.8 Å². The van der Waals surface area contributed by atoms with Gasteiger partial charge in [-0.05, 0) is 48.4 Å². The first-order valence-electron chi connectivity index (χ1n) is 11.3. The molecule has 0 aliphatic rings. The third-order valence-electron chi connectivity index (χ3n) is 5.32. The van der Waals surface area contributed by atoms with Gasteiger partial charge in [0.25, 0.3) is 0 Å². The molecule has 3 aromatic rings. The number of hydrogen-bond acceptors (Lipinski definition) is 4. The van der Waals surface area contributed by atoms with Crippen LogP contribution in [0.3, 0.4) is 0 Å². The van der Waals surface area contributed by atoms with Crippen LogP contribution >= 0.6 is 0 Å². The van der Waals surface area contributed by atoms with E-state index in [0.717, 1.165) is 43.5 Å². The SMILES string of the molecule is CCCCCCCCOc1ccc(-c2ccc(OC(=O)c3ccc(O)cc3F)cc2F)cc1F. The highest BCUT2D eigenvalue weighted by atomic mass is 19.1. The van der Waals surface area contributed by atoms with Crippen LogP contribution in [0.2, 0.25) is 0 Å². The molecule has 0 atom stereocenters. The third kappa shape index (κ3) is 6.76. The first kappa shape index (κ1) is 25.1. The van der Waals surface area contributed by atoms with Crippen molar-refractivity contribution in [1.82, 2.24) is 0 Å². The molecule has 0 saturated carbocycles. The summed E-state index contributed by atoms with van der Waals surface area (Å²) < 4.78 is 53.5. The number of hydrogen-bond donors (Lipinski definition) is 1. The van der Waals surface area contributed by atoms with Crippen LogP contribution in [0.4, 0.5) is 13.2 Å². The molecule has 34 heavy (non-hydrogen) atoms. The van der Waals surface area contributed by atoms with Crippen LogP contribution in [0.25, 0.3) is 11.1 Å². The van der Waals surface area contributed by atoms with Crippen molar-refractivity contribution in [3.63, 3.8) is 0 Å². The van der Waals surface area contributed by atoms with E-state index in [2.05, 4.69) is 6.92 Å². The molecule has 3 rings (SSSR count). The summed E-state index contributed by atoms with van der Waals surface area (Å²) in [6.07, 6.45) is 6.59. The molecule has 0 radical (unpaired) electrons. The average Bonchev–Trinajstić information content (AvgIpc) is 2.79. The van der Waals surface area contributed by atoms with Gasteiger partial charge in [-0.25, -0.2) is 18.0 Å². The van der Waals surface area contributed by atoms with E-state index in [1.54, 1.807) is 6.07 Å². The van der Waals surface area contributed by atoms with Gasteiger partial charge in [0.2, 0.25) is 0 Å². The van der Waals surface area contributed by atoms with Crippen molar-refractivity contribution in [1.29, 1.82) is 0 Å². The first-order valence-corrected chi connectivity index (χ1v) is 11.3. The Morgan fingerprint density at radius 1 is 0.824 bits per heavy atom. The highest BCUT2D eigenvalue weighted by molar-refractivity contribution is 5.91. The largest absolute Gasteiger partial charge is 0.508 e. The third-order valence-corrected chi connectivity index (χ3v) is 5.32. The van der Waals surface area contributed by atoms with Crippen molar-refractivity contribution in [3.05, 3.63) is 77.6 Å². The normalized spacial score (nSPS) is 10.8. The second kappa shape index (κ2) is 12.1. The van der Waals surface area contributed by atoms with Crippen molar-refractivity contribution < 1.29 is 32.5 Å². The number of carbonyl (C=O) groups is 1. The average molecular weight is 473 g/mol. The number of esters is 1. The Balaban J connectivity index is 1.61. The molecule has 0 aliphatic heterocycles. The van der Waals surface area contributed by atoms with Gasteiger partial charge < -0.3 is 14.6 Å². The Bertz CT molecular complexity index is 1130. The lowest BCUT2D eigenvalue weighted by Gasteiger charge is -2.11. The summed E-state index contributed by atoms with van der Waals surface area (Å²) in [7, 11) is 0. The number of phenolic OH excluding ortho intramolecular Hbond substituents is 1. The molecule has 0 amide bonds. The summed E-state index contributed by atoms with van der Waals surface area (Å²) in [5.74, 6) is -3.70. The minimum absolute atomic E-state index is 0.108. The van der Waals surface area contributed by atoms with Gasteiger partial charge in [0.1, 0.15) is 23.1 Å². The molecule has 180 valence electrons. The molecular weight excluding hydrogens is 445 g/mol. The second-order valence-electron chi connectivity index (χ2n) is 7.96. The van der Waals surface area contributed by atoms with E-state index in [1.807, 2.05) is 0 Å². The number of phenols is 1. The maximum absolute atomic E-state index is 14.7. The topological polar surface area (TPSA) is 55.8 Å². The van der Waals surface area contributed by atoms with Crippen LogP contribution < -0.4 is 9.47 Å². The van der Waals surface area contributed by atoms with Crippen LogP contribution in [-0.2, 0) is 0 Å². The Hall–Kier alpha value is -3.48. The first-order chi connectivity index (χ1) is 16.4. The van der Waals surface area contributed by atoms with Crippen molar-refractivity contribution in [3.8, 4) is 28.4 Å². The van der Waals surface area contributed by atoms with Crippen LogP contribution in [-0.4, -0.2) is 17.7 Å². The van der Waals surface area contributed by atoms with Crippen molar-refractivity contribution >= 4 is 5.97 Å². The number of unbranched alkanes of at least 4 members (excludes halogenated alkanes) is 5. The van der Waals surface area contributed by atoms with Gasteiger partial charge in [-0.1, -0.05) is 45.1 Å². The van der Waals surface area contributed by atoms with Crippen molar-refractivity contribution in [2.75, 3.05) is 6.61 Å². The predicted molar refractivity (Wildman–Crippen MR) is 124 cm³/mol. The predicted octanol–water partition coefficient (Wildman–Crippen LogP) is 7.44. The van der Waals surface area contributed by atoms with E-state index < -0.39 is 29.0 Å². The monoisotopic (exact) mass is 472 g/mol. The molecule has 4 nitrogen and oxygen atoms in total. The van der Waals surface area contributed by atoms with Gasteiger partial charge in [0.05, 0.1) is 12.2 Å². The van der Waals surface area contributed by atoms with E-state index in [4.69, 9.17) is 9.47 Å². The number of aromatic hydroxyl groups is 1. The number of rotatable bonds is 11. The van der Waals surface area contributed by atoms with E-state index >= 15 is 0 Å². The van der Waals surface area contributed by atoms with E-state index in [1.165, 1.54) is 43.5 Å². The van der Waals surface area contributed by atoms with Gasteiger partial charge in [-0.2, -0.15) is 0 Å². The van der Waals surface area contributed by atoms with Crippen LogP contribution in [0.15, 0.2) is 54.6 Å². The fourth-order valence-electron chi connectivity index (χ4n) is 3.47. The smallest absolute Gasteiger partial charge is 0.346 e. The molecule has 0 unspecified atom stereocenters. The second-order valence-corrected chi connectivity index (χ2v) is 7.96. The van der Waals surface area contributed by atoms with Gasteiger partial charge >= 0.3 is 5.97 Å². The Kier molecular flexibility index (Phi) is 8.96. The van der Waals surface area contributed by atoms with Gasteiger partial charge in [0.15, 0.2) is 11.6 Å². The number of benzene rings is 3. The molecule has 0 aliphatic carbocycles. The summed E-state index contributed by atoms with van der Waals surface area (Å²) in [4.78, 5) is 12.1. The maximum atomic E-state index is 14.7. The Morgan fingerprint density at radius 3 is 2.29 bits per heavy atom. The van der Waals surface area contributed by atoms with Crippen molar-refractivity contribution in [2.45, 2.75) is 45.4 Å². The highest BCUT2D eigenvalue weighted by Gasteiger charge is 2.16. The molecule has 7 heteroatoms. The van der Waals surface area contributed by atoms with Gasteiger partial charge in [-0.15, -0.1) is 0 Å². The molecule has 0 heterocycles. The molecule has 0 fully saturated rings. The summed E-state index contributed by atoms with van der Waals surface area (Å²) in [5.41, 5.74) is 0.00209. The van der Waals surface area contributed by atoms with Crippen LogP contribution in [0, 0.1) is 17.5 Å². The summed E-state index contributed by atoms with van der Waals surface area (Å²) >= 11 is 0. The highest BCUT2D eigenvalue weighted by Crippen LogP contribution is 2.30. The number of carbonyl (C=O) groups excluding carboxylic acids is 1. The summed E-state index contributed by atoms with van der Waals surface area (Å²) in [6.45, 7) is 2.57. The molecule has 0 aromatic heterocycles. The minimum Gasteiger partial charge on any atom is -0.508 e. The molecule has 1 N–H and O–H groups in total. The van der Waals surface area contributed by atoms with Crippen molar-refractivity contribution in [2.24, 2.45) is 0 Å². The van der Waals surface area contributed by atoms with E-state index in [0.29, 0.717) is 12.2 Å².